The largest absolute Gasteiger partial charge is 0.478 e. The minimum absolute atomic E-state index is 0.0230. The number of carbonyl (C=O) groups is 3. The van der Waals surface area contributed by atoms with Gasteiger partial charge in [-0.15, -0.1) is 11.3 Å². The van der Waals surface area contributed by atoms with Crippen molar-refractivity contribution in [2.24, 2.45) is 0 Å². The maximum atomic E-state index is 12.9. The molecular weight excluding hydrogens is 486 g/mol. The highest BCUT2D eigenvalue weighted by Gasteiger charge is 2.36. The van der Waals surface area contributed by atoms with Gasteiger partial charge in [0.15, 0.2) is 11.5 Å². The molecule has 0 aliphatic carbocycles. The molecule has 5 rings (SSSR count). The average molecular weight is 500 g/mol. The molecule has 0 unspecified atom stereocenters. The lowest BCUT2D eigenvalue weighted by Crippen LogP contribution is -2.27. The summed E-state index contributed by atoms with van der Waals surface area (Å²) >= 11 is 8.57. The summed E-state index contributed by atoms with van der Waals surface area (Å²) in [5.74, 6) is -0.346. The summed E-state index contributed by atoms with van der Waals surface area (Å²) in [6.45, 7) is 0.123. The summed E-state index contributed by atoms with van der Waals surface area (Å²) in [6, 6.07) is 13.6. The Morgan fingerprint density at radius 1 is 1.12 bits per heavy atom. The van der Waals surface area contributed by atoms with E-state index in [1.165, 1.54) is 17.4 Å². The number of hydrogen-bond acceptors (Lipinski definition) is 7. The number of carboxylic acid groups (broad SMARTS) is 1. The highest BCUT2D eigenvalue weighted by molar-refractivity contribution is 8.18. The van der Waals surface area contributed by atoms with Gasteiger partial charge in [-0.05, 0) is 59.3 Å². The molecule has 3 heterocycles. The molecule has 0 atom stereocenters. The molecule has 3 aromatic rings. The van der Waals surface area contributed by atoms with E-state index >= 15 is 0 Å². The second kappa shape index (κ2) is 8.58. The summed E-state index contributed by atoms with van der Waals surface area (Å²) < 4.78 is 10.6. The zero-order valence-corrected chi connectivity index (χ0v) is 19.1. The van der Waals surface area contributed by atoms with Crippen molar-refractivity contribution in [2.45, 2.75) is 6.54 Å². The molecule has 0 spiro atoms. The van der Waals surface area contributed by atoms with Crippen LogP contribution in [0.25, 0.3) is 16.5 Å². The Hall–Kier alpha value is -3.27. The number of rotatable bonds is 5. The van der Waals surface area contributed by atoms with Gasteiger partial charge in [0.25, 0.3) is 11.1 Å². The van der Waals surface area contributed by atoms with Crippen LogP contribution in [-0.2, 0) is 11.3 Å². The van der Waals surface area contributed by atoms with Crippen molar-refractivity contribution in [3.05, 3.63) is 74.5 Å². The monoisotopic (exact) mass is 499 g/mol. The molecule has 1 fully saturated rings. The van der Waals surface area contributed by atoms with Crippen molar-refractivity contribution in [1.29, 1.82) is 0 Å². The van der Waals surface area contributed by atoms with Gasteiger partial charge in [-0.1, -0.05) is 23.7 Å². The normalized spacial score (nSPS) is 16.2. The first-order chi connectivity index (χ1) is 15.9. The zero-order valence-electron chi connectivity index (χ0n) is 16.7. The van der Waals surface area contributed by atoms with E-state index in [1.54, 1.807) is 30.3 Å². The average Bonchev–Trinajstić information content (AvgIpc) is 3.51. The molecule has 166 valence electrons. The van der Waals surface area contributed by atoms with Gasteiger partial charge >= 0.3 is 5.97 Å². The first-order valence-electron chi connectivity index (χ1n) is 9.66. The number of aromatic carboxylic acids is 1. The number of amides is 2. The van der Waals surface area contributed by atoms with Crippen molar-refractivity contribution >= 4 is 57.9 Å². The van der Waals surface area contributed by atoms with Gasteiger partial charge in [-0.3, -0.25) is 14.5 Å². The molecule has 33 heavy (non-hydrogen) atoms. The van der Waals surface area contributed by atoms with Crippen LogP contribution in [0.2, 0.25) is 5.02 Å². The van der Waals surface area contributed by atoms with Crippen molar-refractivity contribution in [3.63, 3.8) is 0 Å². The van der Waals surface area contributed by atoms with E-state index in [2.05, 4.69) is 0 Å². The van der Waals surface area contributed by atoms with Crippen LogP contribution in [-0.4, -0.2) is 33.9 Å². The molecule has 2 aromatic carbocycles. The number of carboxylic acids is 1. The van der Waals surface area contributed by atoms with Crippen LogP contribution in [0.15, 0.2) is 53.4 Å². The number of fused-ring (bicyclic) bond motifs is 1. The Bertz CT molecular complexity index is 1350. The lowest BCUT2D eigenvalue weighted by molar-refractivity contribution is -0.123. The highest BCUT2D eigenvalue weighted by atomic mass is 35.5. The van der Waals surface area contributed by atoms with Gasteiger partial charge in [0, 0.05) is 20.8 Å². The van der Waals surface area contributed by atoms with Gasteiger partial charge in [0.2, 0.25) is 6.79 Å². The lowest BCUT2D eigenvalue weighted by Gasteiger charge is -2.14. The Morgan fingerprint density at radius 3 is 2.70 bits per heavy atom. The second-order valence-corrected chi connectivity index (χ2v) is 9.67. The highest BCUT2D eigenvalue weighted by Crippen LogP contribution is 2.40. The van der Waals surface area contributed by atoms with Crippen LogP contribution in [0.5, 0.6) is 11.5 Å². The second-order valence-electron chi connectivity index (χ2n) is 7.15. The standard InChI is InChI=1S/C23H14ClNO6S2/c24-16-9-18-17(30-11-31-18)7-14(16)10-25-21(26)20(33-23(25)29)8-15-4-5-19(32-15)12-2-1-3-13(6-12)22(27)28/h1-9H,10-11H2,(H,27,28)/b20-8-. The molecule has 7 nitrogen and oxygen atoms in total. The topological polar surface area (TPSA) is 93.1 Å². The number of benzene rings is 2. The fraction of sp³-hybridized carbons (Fsp3) is 0.0870. The molecule has 1 N–H and O–H groups in total. The van der Waals surface area contributed by atoms with Gasteiger partial charge in [-0.2, -0.15) is 0 Å². The first-order valence-corrected chi connectivity index (χ1v) is 11.7. The fourth-order valence-corrected chi connectivity index (χ4v) is 5.47. The number of thioether (sulfide) groups is 1. The van der Waals surface area contributed by atoms with Crippen LogP contribution in [0.3, 0.4) is 0 Å². The summed E-state index contributed by atoms with van der Waals surface area (Å²) in [7, 11) is 0. The van der Waals surface area contributed by atoms with Gasteiger partial charge in [-0.25, -0.2) is 4.79 Å². The van der Waals surface area contributed by atoms with Crippen molar-refractivity contribution in [3.8, 4) is 21.9 Å². The number of hydrogen-bond donors (Lipinski definition) is 1. The van der Waals surface area contributed by atoms with E-state index in [0.29, 0.717) is 27.0 Å². The van der Waals surface area contributed by atoms with Crippen LogP contribution in [0.1, 0.15) is 20.8 Å². The Balaban J connectivity index is 1.36. The first kappa shape index (κ1) is 21.6. The lowest BCUT2D eigenvalue weighted by atomic mass is 10.1. The van der Waals surface area contributed by atoms with Gasteiger partial charge in [0.05, 0.1) is 17.0 Å². The molecule has 2 aliphatic heterocycles. The summed E-state index contributed by atoms with van der Waals surface area (Å²) in [5, 5.41) is 9.19. The van der Waals surface area contributed by atoms with Gasteiger partial charge in [0.1, 0.15) is 0 Å². The summed E-state index contributed by atoms with van der Waals surface area (Å²) in [5.41, 5.74) is 1.55. The zero-order chi connectivity index (χ0) is 23.1. The van der Waals surface area contributed by atoms with Crippen LogP contribution >= 0.6 is 34.7 Å². The number of ether oxygens (including phenoxy) is 2. The minimum Gasteiger partial charge on any atom is -0.478 e. The molecular formula is C23H14ClNO6S2. The van der Waals surface area contributed by atoms with Crippen molar-refractivity contribution in [1.82, 2.24) is 4.90 Å². The van der Waals surface area contributed by atoms with Crippen LogP contribution in [0.4, 0.5) is 4.79 Å². The van der Waals surface area contributed by atoms with E-state index < -0.39 is 11.9 Å². The quantitative estimate of drug-likeness (QED) is 0.448. The molecule has 10 heteroatoms. The third-order valence-electron chi connectivity index (χ3n) is 5.04. The van der Waals surface area contributed by atoms with Crippen molar-refractivity contribution < 1.29 is 29.0 Å². The molecule has 2 aliphatic rings. The maximum absolute atomic E-state index is 12.9. The Kier molecular flexibility index (Phi) is 5.61. The van der Waals surface area contributed by atoms with Gasteiger partial charge < -0.3 is 14.6 Å². The third-order valence-corrected chi connectivity index (χ3v) is 7.38. The van der Waals surface area contributed by atoms with E-state index in [0.717, 1.165) is 32.0 Å². The number of thiophene rings is 1. The number of carbonyl (C=O) groups excluding carboxylic acids is 2. The number of nitrogens with zero attached hydrogens (tertiary/aromatic N) is 1. The number of imide groups is 1. The van der Waals surface area contributed by atoms with Crippen molar-refractivity contribution in [2.75, 3.05) is 6.79 Å². The predicted molar refractivity (Wildman–Crippen MR) is 126 cm³/mol. The predicted octanol–water partition coefficient (Wildman–Crippen LogP) is 5.73. The molecule has 1 aromatic heterocycles. The van der Waals surface area contributed by atoms with Crippen LogP contribution in [0, 0.1) is 0 Å². The van der Waals surface area contributed by atoms with E-state index in [4.69, 9.17) is 21.1 Å². The van der Waals surface area contributed by atoms with E-state index in [1.807, 2.05) is 18.2 Å². The maximum Gasteiger partial charge on any atom is 0.335 e. The minimum atomic E-state index is -0.995. The van der Waals surface area contributed by atoms with E-state index in [-0.39, 0.29) is 24.1 Å². The van der Waals surface area contributed by atoms with Crippen LogP contribution < -0.4 is 9.47 Å². The molecule has 0 bridgehead atoms. The Morgan fingerprint density at radius 2 is 1.91 bits per heavy atom. The molecule has 0 saturated carbocycles. The smallest absolute Gasteiger partial charge is 0.335 e. The third kappa shape index (κ3) is 4.22. The molecule has 2 amide bonds. The SMILES string of the molecule is O=C(O)c1cccc(-c2ccc(/C=C3\SC(=O)N(Cc4cc5c(cc4Cl)OCO5)C3=O)s2)c1. The molecule has 1 saturated heterocycles. The Labute approximate surface area is 201 Å². The summed E-state index contributed by atoms with van der Waals surface area (Å²) in [6.07, 6.45) is 1.67. The summed E-state index contributed by atoms with van der Waals surface area (Å²) in [4.78, 5) is 39.8. The number of halogens is 1. The fourth-order valence-electron chi connectivity index (χ4n) is 3.41. The molecule has 0 radical (unpaired) electrons. The van der Waals surface area contributed by atoms with E-state index in [9.17, 15) is 19.5 Å².